The summed E-state index contributed by atoms with van der Waals surface area (Å²) in [6.45, 7) is 1.89. The third-order valence-corrected chi connectivity index (χ3v) is 1.31. The first-order chi connectivity index (χ1) is 5.06. The zero-order chi connectivity index (χ0) is 8.85. The highest BCUT2D eigenvalue weighted by Crippen LogP contribution is 1.95. The van der Waals surface area contributed by atoms with Gasteiger partial charge in [-0.15, -0.1) is 0 Å². The summed E-state index contributed by atoms with van der Waals surface area (Å²) in [6.07, 6.45) is 1.09. The van der Waals surface area contributed by atoms with Crippen molar-refractivity contribution in [2.24, 2.45) is 11.5 Å². The van der Waals surface area contributed by atoms with E-state index in [-0.39, 0.29) is 11.9 Å². The molecule has 0 aromatic heterocycles. The maximum Gasteiger partial charge on any atom is 0.312 e. The van der Waals surface area contributed by atoms with E-state index in [2.05, 4.69) is 5.32 Å². The Morgan fingerprint density at radius 1 is 1.64 bits per heavy atom. The maximum atomic E-state index is 10.3. The van der Waals surface area contributed by atoms with Crippen molar-refractivity contribution in [2.75, 3.05) is 0 Å². The van der Waals surface area contributed by atoms with Gasteiger partial charge in [0.05, 0.1) is 5.84 Å². The van der Waals surface area contributed by atoms with Crippen molar-refractivity contribution >= 4 is 11.9 Å². The normalized spacial score (nSPS) is 12.1. The molecule has 64 valence electrons. The van der Waals surface area contributed by atoms with Crippen LogP contribution in [-0.4, -0.2) is 17.9 Å². The van der Waals surface area contributed by atoms with Gasteiger partial charge in [-0.3, -0.25) is 5.41 Å². The first kappa shape index (κ1) is 9.74. The summed E-state index contributed by atoms with van der Waals surface area (Å²) in [5.74, 6) is 0.0607. The second-order valence-corrected chi connectivity index (χ2v) is 2.34. The molecule has 0 aromatic rings. The lowest BCUT2D eigenvalue weighted by atomic mass is 10.1. The zero-order valence-corrected chi connectivity index (χ0v) is 6.55. The molecular weight excluding hydrogens is 144 g/mol. The van der Waals surface area contributed by atoms with E-state index < -0.39 is 6.03 Å². The van der Waals surface area contributed by atoms with Crippen LogP contribution in [0.2, 0.25) is 0 Å². The van der Waals surface area contributed by atoms with E-state index in [1.54, 1.807) is 0 Å². The molecule has 2 amide bonds. The molecule has 0 heterocycles. The summed E-state index contributed by atoms with van der Waals surface area (Å²) >= 11 is 0. The number of hydrogen-bond acceptors (Lipinski definition) is 2. The molecule has 0 saturated heterocycles. The summed E-state index contributed by atoms with van der Waals surface area (Å²) < 4.78 is 0. The van der Waals surface area contributed by atoms with Gasteiger partial charge in [0.1, 0.15) is 0 Å². The molecule has 0 aliphatic carbocycles. The number of rotatable bonds is 4. The third-order valence-electron chi connectivity index (χ3n) is 1.31. The third kappa shape index (κ3) is 5.20. The van der Waals surface area contributed by atoms with Crippen LogP contribution in [-0.2, 0) is 0 Å². The van der Waals surface area contributed by atoms with Crippen molar-refractivity contribution < 1.29 is 4.79 Å². The molecule has 5 nitrogen and oxygen atoms in total. The van der Waals surface area contributed by atoms with Gasteiger partial charge in [-0.1, -0.05) is 6.92 Å². The minimum absolute atomic E-state index is 0.0607. The van der Waals surface area contributed by atoms with Gasteiger partial charge in [-0.2, -0.15) is 0 Å². The van der Waals surface area contributed by atoms with Crippen molar-refractivity contribution in [1.82, 2.24) is 5.32 Å². The smallest absolute Gasteiger partial charge is 0.312 e. The Morgan fingerprint density at radius 2 is 2.18 bits per heavy atom. The van der Waals surface area contributed by atoms with E-state index in [4.69, 9.17) is 16.9 Å². The maximum absolute atomic E-state index is 10.3. The van der Waals surface area contributed by atoms with Crippen LogP contribution >= 0.6 is 0 Å². The molecule has 0 bridgehead atoms. The molecule has 11 heavy (non-hydrogen) atoms. The number of nitrogens with one attached hydrogen (secondary N) is 2. The number of primary amides is 1. The van der Waals surface area contributed by atoms with Crippen LogP contribution in [0.5, 0.6) is 0 Å². The van der Waals surface area contributed by atoms with Crippen LogP contribution in [0.1, 0.15) is 19.8 Å². The Hall–Kier alpha value is -1.26. The van der Waals surface area contributed by atoms with E-state index in [9.17, 15) is 4.79 Å². The first-order valence-corrected chi connectivity index (χ1v) is 3.45. The second-order valence-electron chi connectivity index (χ2n) is 2.34. The largest absolute Gasteiger partial charge is 0.388 e. The molecule has 6 N–H and O–H groups in total. The molecular formula is C6H14N4O. The quantitative estimate of drug-likeness (QED) is 0.335. The number of amidine groups is 1. The van der Waals surface area contributed by atoms with E-state index >= 15 is 0 Å². The van der Waals surface area contributed by atoms with Crippen LogP contribution in [0.4, 0.5) is 4.79 Å². The summed E-state index contributed by atoms with van der Waals surface area (Å²) in [4.78, 5) is 10.3. The molecule has 0 aliphatic rings. The van der Waals surface area contributed by atoms with Crippen LogP contribution in [0.15, 0.2) is 0 Å². The number of hydrogen-bond donors (Lipinski definition) is 4. The van der Waals surface area contributed by atoms with Gasteiger partial charge in [-0.25, -0.2) is 4.79 Å². The Kier molecular flexibility index (Phi) is 4.02. The summed E-state index contributed by atoms with van der Waals surface area (Å²) in [6, 6.07) is -0.678. The standard InChI is InChI=1S/C6H14N4O/c1-2-4(3-5(7)8)10-6(9)11/h4H,2-3H2,1H3,(H3,7,8)(H3,9,10,11). The number of amides is 2. The lowest BCUT2D eigenvalue weighted by molar-refractivity contribution is 0.245. The lowest BCUT2D eigenvalue weighted by Crippen LogP contribution is -2.40. The highest BCUT2D eigenvalue weighted by atomic mass is 16.2. The van der Waals surface area contributed by atoms with E-state index in [0.29, 0.717) is 6.42 Å². The highest BCUT2D eigenvalue weighted by Gasteiger charge is 2.08. The van der Waals surface area contributed by atoms with E-state index in [0.717, 1.165) is 6.42 Å². The predicted molar refractivity (Wildman–Crippen MR) is 43.3 cm³/mol. The monoisotopic (exact) mass is 158 g/mol. The number of carbonyl (C=O) groups is 1. The summed E-state index contributed by atoms with van der Waals surface area (Å²) in [5, 5.41) is 9.44. The molecule has 0 aliphatic heterocycles. The average Bonchev–Trinajstić information content (AvgIpc) is 1.84. The first-order valence-electron chi connectivity index (χ1n) is 3.45. The van der Waals surface area contributed by atoms with Gasteiger partial charge >= 0.3 is 6.03 Å². The minimum Gasteiger partial charge on any atom is -0.388 e. The van der Waals surface area contributed by atoms with Crippen LogP contribution in [0.25, 0.3) is 0 Å². The fourth-order valence-corrected chi connectivity index (χ4v) is 0.764. The van der Waals surface area contributed by atoms with Crippen molar-refractivity contribution in [1.29, 1.82) is 5.41 Å². The van der Waals surface area contributed by atoms with Gasteiger partial charge < -0.3 is 16.8 Å². The van der Waals surface area contributed by atoms with Crippen LogP contribution in [0, 0.1) is 5.41 Å². The van der Waals surface area contributed by atoms with Crippen LogP contribution in [0.3, 0.4) is 0 Å². The number of carbonyl (C=O) groups excluding carboxylic acids is 1. The average molecular weight is 158 g/mol. The Morgan fingerprint density at radius 3 is 2.45 bits per heavy atom. The zero-order valence-electron chi connectivity index (χ0n) is 6.55. The summed E-state index contributed by atoms with van der Waals surface area (Å²) in [7, 11) is 0. The van der Waals surface area contributed by atoms with Gasteiger partial charge in [-0.05, 0) is 6.42 Å². The van der Waals surface area contributed by atoms with E-state index in [1.807, 2.05) is 6.92 Å². The highest BCUT2D eigenvalue weighted by molar-refractivity contribution is 5.79. The number of urea groups is 1. The molecule has 1 atom stereocenters. The Balaban J connectivity index is 3.76. The Labute approximate surface area is 65.6 Å². The fraction of sp³-hybridized carbons (Fsp3) is 0.667. The summed E-state index contributed by atoms with van der Waals surface area (Å²) in [5.41, 5.74) is 10.0. The van der Waals surface area contributed by atoms with Crippen molar-refractivity contribution in [3.05, 3.63) is 0 Å². The topological polar surface area (TPSA) is 105 Å². The number of nitrogens with two attached hydrogens (primary N) is 2. The molecule has 0 fully saturated rings. The molecule has 0 aromatic carbocycles. The van der Waals surface area contributed by atoms with Gasteiger partial charge in [0.2, 0.25) is 0 Å². The van der Waals surface area contributed by atoms with Gasteiger partial charge in [0, 0.05) is 12.5 Å². The molecule has 0 rings (SSSR count). The second kappa shape index (κ2) is 4.54. The van der Waals surface area contributed by atoms with Crippen molar-refractivity contribution in [2.45, 2.75) is 25.8 Å². The lowest BCUT2D eigenvalue weighted by Gasteiger charge is -2.13. The molecule has 1 unspecified atom stereocenters. The Bertz CT molecular complexity index is 141. The van der Waals surface area contributed by atoms with E-state index in [1.165, 1.54) is 0 Å². The molecule has 0 radical (unpaired) electrons. The predicted octanol–water partition coefficient (Wildman–Crippen LogP) is -0.241. The fourth-order valence-electron chi connectivity index (χ4n) is 0.764. The van der Waals surface area contributed by atoms with Crippen molar-refractivity contribution in [3.8, 4) is 0 Å². The SMILES string of the molecule is CCC(CC(=N)N)NC(N)=O. The van der Waals surface area contributed by atoms with Gasteiger partial charge in [0.25, 0.3) is 0 Å². The molecule has 0 spiro atoms. The molecule has 0 saturated carbocycles. The van der Waals surface area contributed by atoms with Crippen LogP contribution < -0.4 is 16.8 Å². The van der Waals surface area contributed by atoms with Gasteiger partial charge in [0.15, 0.2) is 0 Å². The molecule has 5 heteroatoms. The van der Waals surface area contributed by atoms with Crippen molar-refractivity contribution in [3.63, 3.8) is 0 Å². The minimum atomic E-state index is -0.571.